The first-order valence-corrected chi connectivity index (χ1v) is 6.96. The highest BCUT2D eigenvalue weighted by molar-refractivity contribution is 5.95. The Balaban J connectivity index is 2.27. The number of nitro groups is 1. The molecule has 116 valence electrons. The van der Waals surface area contributed by atoms with Gasteiger partial charge in [0.25, 0.3) is 5.69 Å². The fourth-order valence-electron chi connectivity index (χ4n) is 2.46. The molecule has 23 heavy (non-hydrogen) atoms. The largest absolute Gasteiger partial charge is 0.423 e. The molecule has 1 aromatic heterocycles. The molecule has 2 aromatic carbocycles. The smallest absolute Gasteiger partial charge is 0.336 e. The molecule has 0 bridgehead atoms. The van der Waals surface area contributed by atoms with Crippen LogP contribution in [-0.4, -0.2) is 19.0 Å². The zero-order valence-electron chi connectivity index (χ0n) is 12.6. The van der Waals surface area contributed by atoms with E-state index in [1.54, 1.807) is 18.2 Å². The molecule has 0 fully saturated rings. The third-order valence-electron chi connectivity index (χ3n) is 3.61. The normalized spacial score (nSPS) is 10.7. The Labute approximate surface area is 131 Å². The Bertz CT molecular complexity index is 960. The molecule has 0 saturated heterocycles. The monoisotopic (exact) mass is 310 g/mol. The van der Waals surface area contributed by atoms with Crippen molar-refractivity contribution in [2.75, 3.05) is 19.0 Å². The van der Waals surface area contributed by atoms with E-state index in [9.17, 15) is 14.9 Å². The minimum atomic E-state index is -0.491. The molecule has 0 N–H and O–H groups in total. The highest BCUT2D eigenvalue weighted by Crippen LogP contribution is 2.31. The van der Waals surface area contributed by atoms with Crippen LogP contribution < -0.4 is 10.5 Å². The van der Waals surface area contributed by atoms with Crippen molar-refractivity contribution in [1.82, 2.24) is 0 Å². The highest BCUT2D eigenvalue weighted by Gasteiger charge is 2.12. The van der Waals surface area contributed by atoms with Crippen molar-refractivity contribution < 1.29 is 9.34 Å². The Morgan fingerprint density at radius 1 is 1.09 bits per heavy atom. The average Bonchev–Trinajstić information content (AvgIpc) is 2.53. The van der Waals surface area contributed by atoms with Crippen molar-refractivity contribution >= 4 is 22.3 Å². The summed E-state index contributed by atoms with van der Waals surface area (Å²) >= 11 is 0. The topological polar surface area (TPSA) is 76.6 Å². The molecule has 0 radical (unpaired) electrons. The predicted molar refractivity (Wildman–Crippen MR) is 88.9 cm³/mol. The summed E-state index contributed by atoms with van der Waals surface area (Å²) in [6.45, 7) is 0. The molecular weight excluding hydrogens is 296 g/mol. The SMILES string of the molecule is CN(C)c1ccc2c(-c3cccc([N+](=O)[O-])c3)cc(=O)oc2c1. The molecule has 3 aromatic rings. The van der Waals surface area contributed by atoms with Crippen molar-refractivity contribution in [3.63, 3.8) is 0 Å². The maximum absolute atomic E-state index is 11.9. The number of nitro benzene ring substituents is 1. The number of benzene rings is 2. The molecule has 6 heteroatoms. The van der Waals surface area contributed by atoms with Crippen molar-refractivity contribution in [3.05, 3.63) is 69.1 Å². The molecule has 0 saturated carbocycles. The van der Waals surface area contributed by atoms with E-state index in [-0.39, 0.29) is 5.69 Å². The molecule has 0 amide bonds. The van der Waals surface area contributed by atoms with Gasteiger partial charge < -0.3 is 9.32 Å². The van der Waals surface area contributed by atoms with Gasteiger partial charge in [-0.1, -0.05) is 12.1 Å². The third kappa shape index (κ3) is 2.78. The number of rotatable bonds is 3. The van der Waals surface area contributed by atoms with Gasteiger partial charge in [-0.15, -0.1) is 0 Å². The quantitative estimate of drug-likeness (QED) is 0.421. The number of nitrogens with zero attached hydrogens (tertiary/aromatic N) is 2. The first-order valence-electron chi connectivity index (χ1n) is 6.96. The predicted octanol–water partition coefficient (Wildman–Crippen LogP) is 3.43. The summed E-state index contributed by atoms with van der Waals surface area (Å²) in [5.74, 6) is 0. The highest BCUT2D eigenvalue weighted by atomic mass is 16.6. The van der Waals surface area contributed by atoms with Crippen molar-refractivity contribution in [2.24, 2.45) is 0 Å². The van der Waals surface area contributed by atoms with Crippen LogP contribution in [0.1, 0.15) is 0 Å². The zero-order chi connectivity index (χ0) is 16.6. The Morgan fingerprint density at radius 3 is 2.57 bits per heavy atom. The van der Waals surface area contributed by atoms with E-state index < -0.39 is 10.5 Å². The Morgan fingerprint density at radius 2 is 1.87 bits per heavy atom. The standard InChI is InChI=1S/C17H14N2O4/c1-18(2)12-6-7-14-15(10-17(20)23-16(14)9-12)11-4-3-5-13(8-11)19(21)22/h3-10H,1-2H3. The van der Waals surface area contributed by atoms with Crippen LogP contribution in [-0.2, 0) is 0 Å². The van der Waals surface area contributed by atoms with Crippen LogP contribution in [0.25, 0.3) is 22.1 Å². The van der Waals surface area contributed by atoms with Crippen LogP contribution in [0.2, 0.25) is 0 Å². The zero-order valence-corrected chi connectivity index (χ0v) is 12.6. The number of hydrogen-bond acceptors (Lipinski definition) is 5. The van der Waals surface area contributed by atoms with E-state index in [0.717, 1.165) is 11.1 Å². The lowest BCUT2D eigenvalue weighted by Crippen LogP contribution is -2.08. The van der Waals surface area contributed by atoms with Gasteiger partial charge in [-0.25, -0.2) is 4.79 Å². The van der Waals surface area contributed by atoms with Crippen LogP contribution >= 0.6 is 0 Å². The first kappa shape index (κ1) is 14.8. The molecule has 0 aliphatic rings. The second-order valence-corrected chi connectivity index (χ2v) is 5.36. The van der Waals surface area contributed by atoms with Crippen molar-refractivity contribution in [3.8, 4) is 11.1 Å². The van der Waals surface area contributed by atoms with Gasteiger partial charge in [0.05, 0.1) is 4.92 Å². The summed E-state index contributed by atoms with van der Waals surface area (Å²) in [6, 6.07) is 13.1. The Hall–Kier alpha value is -3.15. The third-order valence-corrected chi connectivity index (χ3v) is 3.61. The van der Waals surface area contributed by atoms with Gasteiger partial charge in [0.2, 0.25) is 0 Å². The van der Waals surface area contributed by atoms with Crippen LogP contribution in [0.3, 0.4) is 0 Å². The van der Waals surface area contributed by atoms with Crippen LogP contribution in [0.15, 0.2) is 57.7 Å². The van der Waals surface area contributed by atoms with Crippen molar-refractivity contribution in [2.45, 2.75) is 0 Å². The minimum Gasteiger partial charge on any atom is -0.423 e. The average molecular weight is 310 g/mol. The van der Waals surface area contributed by atoms with Crippen LogP contribution in [0.4, 0.5) is 11.4 Å². The first-order chi connectivity index (χ1) is 11.0. The van der Waals surface area contributed by atoms with Gasteiger partial charge in [0.1, 0.15) is 5.58 Å². The molecule has 0 unspecified atom stereocenters. The summed E-state index contributed by atoms with van der Waals surface area (Å²) in [5, 5.41) is 11.7. The van der Waals surface area contributed by atoms with Gasteiger partial charge in [-0.2, -0.15) is 0 Å². The molecule has 0 atom stereocenters. The second-order valence-electron chi connectivity index (χ2n) is 5.36. The fraction of sp³-hybridized carbons (Fsp3) is 0.118. The molecular formula is C17H14N2O4. The summed E-state index contributed by atoms with van der Waals surface area (Å²) < 4.78 is 5.28. The lowest BCUT2D eigenvalue weighted by molar-refractivity contribution is -0.384. The van der Waals surface area contributed by atoms with Crippen LogP contribution in [0, 0.1) is 10.1 Å². The maximum Gasteiger partial charge on any atom is 0.336 e. The van der Waals surface area contributed by atoms with Crippen LogP contribution in [0.5, 0.6) is 0 Å². The molecule has 0 aliphatic carbocycles. The van der Waals surface area contributed by atoms with Gasteiger partial charge >= 0.3 is 5.63 Å². The summed E-state index contributed by atoms with van der Waals surface area (Å²) in [4.78, 5) is 24.3. The van der Waals surface area contributed by atoms with Gasteiger partial charge in [0.15, 0.2) is 0 Å². The minimum absolute atomic E-state index is 0.0196. The van der Waals surface area contributed by atoms with E-state index in [0.29, 0.717) is 16.7 Å². The number of fused-ring (bicyclic) bond motifs is 1. The molecule has 0 aliphatic heterocycles. The summed E-state index contributed by atoms with van der Waals surface area (Å²) in [5.41, 5.74) is 2.06. The van der Waals surface area contributed by atoms with E-state index in [1.807, 2.05) is 31.1 Å². The second kappa shape index (κ2) is 5.57. The number of non-ortho nitro benzene ring substituents is 1. The van der Waals surface area contributed by atoms with E-state index in [4.69, 9.17) is 4.42 Å². The molecule has 1 heterocycles. The van der Waals surface area contributed by atoms with Crippen molar-refractivity contribution in [1.29, 1.82) is 0 Å². The summed E-state index contributed by atoms with van der Waals surface area (Å²) in [7, 11) is 3.79. The number of anilines is 1. The van der Waals surface area contributed by atoms with E-state index in [1.165, 1.54) is 18.2 Å². The Kier molecular flexibility index (Phi) is 3.57. The summed E-state index contributed by atoms with van der Waals surface area (Å²) in [6.07, 6.45) is 0. The van der Waals surface area contributed by atoms with Gasteiger partial charge in [0, 0.05) is 55.0 Å². The van der Waals surface area contributed by atoms with E-state index >= 15 is 0 Å². The van der Waals surface area contributed by atoms with Gasteiger partial charge in [-0.3, -0.25) is 10.1 Å². The van der Waals surface area contributed by atoms with E-state index in [2.05, 4.69) is 0 Å². The van der Waals surface area contributed by atoms with Gasteiger partial charge in [-0.05, 0) is 17.7 Å². The lowest BCUT2D eigenvalue weighted by atomic mass is 10.0. The molecule has 3 rings (SSSR count). The lowest BCUT2D eigenvalue weighted by Gasteiger charge is -2.13. The maximum atomic E-state index is 11.9. The molecule has 0 spiro atoms. The number of hydrogen-bond donors (Lipinski definition) is 0. The molecule has 6 nitrogen and oxygen atoms in total. The fourth-order valence-corrected chi connectivity index (χ4v) is 2.46.